The van der Waals surface area contributed by atoms with Gasteiger partial charge in [0.2, 0.25) is 0 Å². The second-order valence-corrected chi connectivity index (χ2v) is 5.86. The van der Waals surface area contributed by atoms with Gasteiger partial charge in [-0.2, -0.15) is 0 Å². The lowest BCUT2D eigenvalue weighted by Gasteiger charge is -2.17. The van der Waals surface area contributed by atoms with Crippen LogP contribution in [0.15, 0.2) is 24.3 Å². The van der Waals surface area contributed by atoms with Crippen LogP contribution in [0.5, 0.6) is 0 Å². The van der Waals surface area contributed by atoms with Gasteiger partial charge in [0.05, 0.1) is 19.3 Å². The van der Waals surface area contributed by atoms with Crippen LogP contribution in [0.25, 0.3) is 0 Å². The number of nitrogens with one attached hydrogen (secondary N) is 1. The first-order valence-corrected chi connectivity index (χ1v) is 7.46. The summed E-state index contributed by atoms with van der Waals surface area (Å²) in [5.41, 5.74) is 0.736. The third-order valence-corrected chi connectivity index (χ3v) is 4.00. The van der Waals surface area contributed by atoms with Crippen molar-refractivity contribution in [3.8, 4) is 0 Å². The van der Waals surface area contributed by atoms with Crippen molar-refractivity contribution in [2.45, 2.75) is 32.0 Å². The number of benzene rings is 1. The molecule has 0 aliphatic heterocycles. The Morgan fingerprint density at radius 2 is 2.10 bits per heavy atom. The highest BCUT2D eigenvalue weighted by Gasteiger charge is 2.41. The number of halogens is 1. The lowest BCUT2D eigenvalue weighted by Crippen LogP contribution is -2.34. The Morgan fingerprint density at radius 1 is 1.33 bits per heavy atom. The van der Waals surface area contributed by atoms with Crippen molar-refractivity contribution >= 4 is 0 Å². The molecule has 0 bridgehead atoms. The van der Waals surface area contributed by atoms with Crippen LogP contribution in [0.2, 0.25) is 0 Å². The fourth-order valence-electron chi connectivity index (χ4n) is 2.41. The van der Waals surface area contributed by atoms with Crippen LogP contribution in [0.3, 0.4) is 0 Å². The quantitative estimate of drug-likeness (QED) is 0.612. The Morgan fingerprint density at radius 3 is 2.76 bits per heavy atom. The SMILES string of the molecule is OCCC1(CNCC(O)COCc2ccccc2F)CC1. The fourth-order valence-corrected chi connectivity index (χ4v) is 2.41. The van der Waals surface area contributed by atoms with Crippen molar-refractivity contribution in [3.05, 3.63) is 35.6 Å². The normalized spacial score (nSPS) is 17.7. The van der Waals surface area contributed by atoms with E-state index in [-0.39, 0.29) is 31.1 Å². The molecule has 0 amide bonds. The molecule has 0 saturated heterocycles. The van der Waals surface area contributed by atoms with Gasteiger partial charge in [-0.05, 0) is 30.7 Å². The number of aliphatic hydroxyl groups is 2. The standard InChI is InChI=1S/C16H24FNO3/c17-15-4-2-1-3-13(15)10-21-11-14(20)9-18-12-16(5-6-16)7-8-19/h1-4,14,18-20H,5-12H2. The van der Waals surface area contributed by atoms with E-state index in [0.29, 0.717) is 12.1 Å². The van der Waals surface area contributed by atoms with Gasteiger partial charge in [0, 0.05) is 25.3 Å². The zero-order valence-corrected chi connectivity index (χ0v) is 12.2. The summed E-state index contributed by atoms with van der Waals surface area (Å²) >= 11 is 0. The maximum atomic E-state index is 13.4. The highest BCUT2D eigenvalue weighted by Crippen LogP contribution is 2.47. The smallest absolute Gasteiger partial charge is 0.128 e. The van der Waals surface area contributed by atoms with Gasteiger partial charge in [0.25, 0.3) is 0 Å². The Hall–Kier alpha value is -1.01. The monoisotopic (exact) mass is 297 g/mol. The number of aliphatic hydroxyl groups excluding tert-OH is 2. The summed E-state index contributed by atoms with van der Waals surface area (Å²) in [7, 11) is 0. The molecule has 0 heterocycles. The van der Waals surface area contributed by atoms with E-state index in [4.69, 9.17) is 9.84 Å². The van der Waals surface area contributed by atoms with Crippen LogP contribution in [-0.4, -0.2) is 42.6 Å². The Labute approximate surface area is 124 Å². The second-order valence-electron chi connectivity index (χ2n) is 5.86. The van der Waals surface area contributed by atoms with E-state index in [0.717, 1.165) is 25.8 Å². The van der Waals surface area contributed by atoms with Crippen LogP contribution in [0.1, 0.15) is 24.8 Å². The van der Waals surface area contributed by atoms with Gasteiger partial charge in [0.15, 0.2) is 0 Å². The molecule has 0 radical (unpaired) electrons. The second kappa shape index (κ2) is 7.84. The van der Waals surface area contributed by atoms with Gasteiger partial charge in [-0.15, -0.1) is 0 Å². The molecule has 0 spiro atoms. The van der Waals surface area contributed by atoms with Gasteiger partial charge in [-0.25, -0.2) is 4.39 Å². The summed E-state index contributed by atoms with van der Waals surface area (Å²) < 4.78 is 18.7. The van der Waals surface area contributed by atoms with Crippen LogP contribution in [0.4, 0.5) is 4.39 Å². The molecule has 1 saturated carbocycles. The van der Waals surface area contributed by atoms with Crippen LogP contribution in [0, 0.1) is 11.2 Å². The van der Waals surface area contributed by atoms with E-state index in [9.17, 15) is 9.50 Å². The average Bonchev–Trinajstić information content (AvgIpc) is 3.21. The molecule has 1 aromatic rings. The molecule has 1 aliphatic carbocycles. The van der Waals surface area contributed by atoms with E-state index in [1.807, 2.05) is 0 Å². The first-order chi connectivity index (χ1) is 10.2. The van der Waals surface area contributed by atoms with Crippen molar-refractivity contribution < 1.29 is 19.3 Å². The maximum Gasteiger partial charge on any atom is 0.128 e. The molecule has 5 heteroatoms. The minimum absolute atomic E-state index is 0.165. The molecular formula is C16H24FNO3. The highest BCUT2D eigenvalue weighted by molar-refractivity contribution is 5.16. The number of hydrogen-bond acceptors (Lipinski definition) is 4. The largest absolute Gasteiger partial charge is 0.396 e. The van der Waals surface area contributed by atoms with Gasteiger partial charge in [-0.1, -0.05) is 18.2 Å². The van der Waals surface area contributed by atoms with E-state index >= 15 is 0 Å². The molecular weight excluding hydrogens is 273 g/mol. The minimum atomic E-state index is -0.610. The van der Waals surface area contributed by atoms with Gasteiger partial charge < -0.3 is 20.3 Å². The summed E-state index contributed by atoms with van der Waals surface area (Å²) in [6.45, 7) is 1.82. The van der Waals surface area contributed by atoms with Gasteiger partial charge >= 0.3 is 0 Å². The van der Waals surface area contributed by atoms with Gasteiger partial charge in [-0.3, -0.25) is 0 Å². The summed E-state index contributed by atoms with van der Waals surface area (Å²) in [6, 6.07) is 6.46. The molecule has 21 heavy (non-hydrogen) atoms. The first-order valence-electron chi connectivity index (χ1n) is 7.46. The van der Waals surface area contributed by atoms with Crippen LogP contribution >= 0.6 is 0 Å². The molecule has 1 unspecified atom stereocenters. The molecule has 1 aliphatic rings. The zero-order valence-electron chi connectivity index (χ0n) is 12.2. The third-order valence-electron chi connectivity index (χ3n) is 4.00. The Bertz CT molecular complexity index is 437. The van der Waals surface area contributed by atoms with Gasteiger partial charge in [0.1, 0.15) is 5.82 Å². The summed E-state index contributed by atoms with van der Waals surface area (Å²) in [6.07, 6.45) is 2.49. The molecule has 1 aromatic carbocycles. The molecule has 3 N–H and O–H groups in total. The predicted molar refractivity (Wildman–Crippen MR) is 78.3 cm³/mol. The Kier molecular flexibility index (Phi) is 6.11. The lowest BCUT2D eigenvalue weighted by atomic mass is 10.0. The minimum Gasteiger partial charge on any atom is -0.396 e. The highest BCUT2D eigenvalue weighted by atomic mass is 19.1. The summed E-state index contributed by atoms with van der Waals surface area (Å²) in [4.78, 5) is 0. The van der Waals surface area contributed by atoms with E-state index in [2.05, 4.69) is 5.32 Å². The lowest BCUT2D eigenvalue weighted by molar-refractivity contribution is 0.0272. The van der Waals surface area contributed by atoms with Crippen molar-refractivity contribution in [3.63, 3.8) is 0 Å². The first kappa shape index (κ1) is 16.4. The molecule has 1 fully saturated rings. The zero-order chi connectivity index (χ0) is 15.1. The molecule has 4 nitrogen and oxygen atoms in total. The van der Waals surface area contributed by atoms with E-state index in [1.165, 1.54) is 6.07 Å². The summed E-state index contributed by atoms with van der Waals surface area (Å²) in [5, 5.41) is 22.0. The number of rotatable bonds is 10. The maximum absolute atomic E-state index is 13.4. The van der Waals surface area contributed by atoms with Crippen molar-refractivity contribution in [2.24, 2.45) is 5.41 Å². The topological polar surface area (TPSA) is 61.7 Å². The average molecular weight is 297 g/mol. The van der Waals surface area contributed by atoms with Crippen molar-refractivity contribution in [2.75, 3.05) is 26.3 Å². The molecule has 0 aromatic heterocycles. The Balaban J connectivity index is 1.58. The summed E-state index contributed by atoms with van der Waals surface area (Å²) in [5.74, 6) is -0.287. The van der Waals surface area contributed by atoms with Crippen molar-refractivity contribution in [1.82, 2.24) is 5.32 Å². The predicted octanol–water partition coefficient (Wildman–Crippen LogP) is 1.46. The number of ether oxygens (including phenoxy) is 1. The number of hydrogen-bond donors (Lipinski definition) is 3. The van der Waals surface area contributed by atoms with E-state index in [1.54, 1.807) is 18.2 Å². The molecule has 118 valence electrons. The van der Waals surface area contributed by atoms with Crippen LogP contribution < -0.4 is 5.32 Å². The van der Waals surface area contributed by atoms with E-state index < -0.39 is 6.10 Å². The fraction of sp³-hybridized carbons (Fsp3) is 0.625. The van der Waals surface area contributed by atoms with Crippen LogP contribution in [-0.2, 0) is 11.3 Å². The molecule has 2 rings (SSSR count). The molecule has 1 atom stereocenters. The third kappa shape index (κ3) is 5.36. The van der Waals surface area contributed by atoms with Crippen molar-refractivity contribution in [1.29, 1.82) is 0 Å².